The predicted octanol–water partition coefficient (Wildman–Crippen LogP) is 1.56. The first kappa shape index (κ1) is 26.8. The summed E-state index contributed by atoms with van der Waals surface area (Å²) in [5.74, 6) is -2.08. The zero-order valence-corrected chi connectivity index (χ0v) is 22.0. The molecule has 0 radical (unpaired) electrons. The Hall–Kier alpha value is -2.82. The van der Waals surface area contributed by atoms with Crippen molar-refractivity contribution >= 4 is 85.6 Å². The lowest BCUT2D eigenvalue weighted by Crippen LogP contribution is -2.71. The number of nitrogens with zero attached hydrogens (tertiary/aromatic N) is 3. The second-order valence-corrected chi connectivity index (χ2v) is 9.81. The monoisotopic (exact) mass is 603 g/mol. The fraction of sp³-hybridized carbons (Fsp3) is 0.263. The highest BCUT2D eigenvalue weighted by atomic mass is 79.9. The Morgan fingerprint density at radius 3 is 2.83 bits per heavy atom. The van der Waals surface area contributed by atoms with Crippen LogP contribution in [-0.4, -0.2) is 73.6 Å². The Bertz CT molecular complexity index is 1210. The molecule has 0 aromatic carbocycles. The summed E-state index contributed by atoms with van der Waals surface area (Å²) in [7, 11) is 1.26. The molecule has 4 rings (SSSR count). The number of hydrogen-bond donors (Lipinski definition) is 3. The van der Waals surface area contributed by atoms with Crippen molar-refractivity contribution in [1.82, 2.24) is 15.2 Å². The van der Waals surface area contributed by atoms with Crippen molar-refractivity contribution in [2.75, 3.05) is 24.3 Å². The van der Waals surface area contributed by atoms with E-state index in [0.717, 1.165) is 28.0 Å². The molecule has 2 aromatic rings. The largest absolute Gasteiger partial charge is 0.477 e. The third kappa shape index (κ3) is 5.39. The number of carboxylic acid groups (broad SMARTS) is 1. The van der Waals surface area contributed by atoms with Crippen LogP contribution in [0.1, 0.15) is 16.2 Å². The molecule has 0 spiro atoms. The Morgan fingerprint density at radius 2 is 2.23 bits per heavy atom. The minimum Gasteiger partial charge on any atom is -0.477 e. The van der Waals surface area contributed by atoms with E-state index in [1.807, 2.05) is 0 Å². The number of rotatable bonds is 8. The van der Waals surface area contributed by atoms with Crippen LogP contribution in [0.2, 0.25) is 0 Å². The van der Waals surface area contributed by atoms with Gasteiger partial charge in [0, 0.05) is 16.9 Å². The van der Waals surface area contributed by atoms with Crippen molar-refractivity contribution in [2.45, 2.75) is 11.4 Å². The number of amides is 2. The minimum absolute atomic E-state index is 0. The van der Waals surface area contributed by atoms with Crippen LogP contribution in [-0.2, 0) is 19.2 Å². The molecule has 2 atom stereocenters. The molecule has 1 fully saturated rings. The number of nitrogen functional groups attached to an aromatic ring is 1. The van der Waals surface area contributed by atoms with Gasteiger partial charge in [0.15, 0.2) is 16.6 Å². The molecular formula is C19H18BrN5O7S3. The third-order valence-corrected chi connectivity index (χ3v) is 7.77. The molecule has 2 amide bonds. The van der Waals surface area contributed by atoms with Crippen LogP contribution in [0.5, 0.6) is 0 Å². The van der Waals surface area contributed by atoms with Gasteiger partial charge in [-0.25, -0.2) is 9.78 Å². The number of oxime groups is 1. The first-order chi connectivity index (χ1) is 16.3. The van der Waals surface area contributed by atoms with Gasteiger partial charge in [-0.15, -0.1) is 40.1 Å². The molecule has 2 aliphatic heterocycles. The Labute approximate surface area is 221 Å². The molecule has 0 aliphatic carbocycles. The van der Waals surface area contributed by atoms with E-state index in [9.17, 15) is 24.3 Å². The number of aliphatic carboxylic acids is 1. The van der Waals surface area contributed by atoms with E-state index in [-0.39, 0.29) is 61.6 Å². The maximum atomic E-state index is 12.8. The zero-order chi connectivity index (χ0) is 24.4. The van der Waals surface area contributed by atoms with E-state index in [1.165, 1.54) is 36.6 Å². The van der Waals surface area contributed by atoms with Crippen LogP contribution in [0.25, 0.3) is 0 Å². The number of anilines is 1. The lowest BCUT2D eigenvalue weighted by Gasteiger charge is -2.49. The Kier molecular flexibility index (Phi) is 8.63. The smallest absolute Gasteiger partial charge is 0.352 e. The summed E-state index contributed by atoms with van der Waals surface area (Å²) in [6, 6.07) is 2.13. The summed E-state index contributed by atoms with van der Waals surface area (Å²) in [5.41, 5.74) is 5.89. The summed E-state index contributed by atoms with van der Waals surface area (Å²) in [6.45, 7) is 0. The van der Waals surface area contributed by atoms with E-state index in [1.54, 1.807) is 6.07 Å². The van der Waals surface area contributed by atoms with Crippen LogP contribution < -0.4 is 11.1 Å². The molecule has 16 heteroatoms. The molecule has 0 unspecified atom stereocenters. The fourth-order valence-corrected chi connectivity index (χ4v) is 6.14. The maximum absolute atomic E-state index is 12.8. The third-order valence-electron chi connectivity index (χ3n) is 4.80. The SMILES string of the molecule is Br.CO/N=C(/C(=O)N[C@@H]1C(=O)N2C(C(=O)O)=C(CSC(=O)c3ccco3)CS[C@H]12)c1csc(N)n1. The van der Waals surface area contributed by atoms with Crippen LogP contribution in [0.3, 0.4) is 0 Å². The van der Waals surface area contributed by atoms with Crippen LogP contribution >= 0.6 is 51.8 Å². The van der Waals surface area contributed by atoms with Crippen molar-refractivity contribution < 1.29 is 33.5 Å². The average Bonchev–Trinajstić information content (AvgIpc) is 3.50. The highest BCUT2D eigenvalue weighted by Gasteiger charge is 2.54. The van der Waals surface area contributed by atoms with Crippen molar-refractivity contribution in [3.63, 3.8) is 0 Å². The first-order valence-corrected chi connectivity index (χ1v) is 12.5. The fourth-order valence-electron chi connectivity index (χ4n) is 3.31. The Morgan fingerprint density at radius 1 is 1.46 bits per heavy atom. The summed E-state index contributed by atoms with van der Waals surface area (Å²) in [5, 5.41) is 16.8. The number of hydrogen-bond acceptors (Lipinski definition) is 12. The second kappa shape index (κ2) is 11.3. The van der Waals surface area contributed by atoms with Gasteiger partial charge in [0.2, 0.25) is 0 Å². The van der Waals surface area contributed by atoms with E-state index in [4.69, 9.17) is 15.0 Å². The van der Waals surface area contributed by atoms with Gasteiger partial charge < -0.3 is 25.4 Å². The molecule has 35 heavy (non-hydrogen) atoms. The van der Waals surface area contributed by atoms with E-state index in [2.05, 4.69) is 15.5 Å². The quantitative estimate of drug-likeness (QED) is 0.226. The highest BCUT2D eigenvalue weighted by molar-refractivity contribution is 8.93. The molecule has 2 aromatic heterocycles. The van der Waals surface area contributed by atoms with Gasteiger partial charge in [-0.2, -0.15) is 0 Å². The average molecular weight is 604 g/mol. The van der Waals surface area contributed by atoms with Crippen LogP contribution in [0.15, 0.2) is 44.6 Å². The van der Waals surface area contributed by atoms with Crippen molar-refractivity contribution in [1.29, 1.82) is 0 Å². The van der Waals surface area contributed by atoms with Gasteiger partial charge in [0.1, 0.15) is 29.9 Å². The summed E-state index contributed by atoms with van der Waals surface area (Å²) in [4.78, 5) is 59.6. The number of carbonyl (C=O) groups excluding carboxylic acids is 3. The van der Waals surface area contributed by atoms with Gasteiger partial charge in [0.25, 0.3) is 16.9 Å². The Balaban J connectivity index is 0.00000342. The summed E-state index contributed by atoms with van der Waals surface area (Å²) >= 11 is 3.29. The molecule has 186 valence electrons. The van der Waals surface area contributed by atoms with E-state index < -0.39 is 29.2 Å². The summed E-state index contributed by atoms with van der Waals surface area (Å²) < 4.78 is 5.05. The number of nitrogens with one attached hydrogen (secondary N) is 1. The van der Waals surface area contributed by atoms with Gasteiger partial charge in [-0.05, 0) is 17.7 Å². The number of carbonyl (C=O) groups is 4. The normalized spacial score (nSPS) is 19.4. The molecule has 2 aliphatic rings. The topological polar surface area (TPSA) is 177 Å². The molecular weight excluding hydrogens is 586 g/mol. The van der Waals surface area contributed by atoms with Gasteiger partial charge in [-0.3, -0.25) is 19.3 Å². The van der Waals surface area contributed by atoms with Crippen molar-refractivity contribution in [2.24, 2.45) is 5.16 Å². The molecule has 4 N–H and O–H groups in total. The number of fused-ring (bicyclic) bond motifs is 1. The van der Waals surface area contributed by atoms with Crippen LogP contribution in [0.4, 0.5) is 5.13 Å². The van der Waals surface area contributed by atoms with Gasteiger partial charge >= 0.3 is 5.97 Å². The minimum atomic E-state index is -1.29. The van der Waals surface area contributed by atoms with Crippen LogP contribution in [0, 0.1) is 0 Å². The molecule has 12 nitrogen and oxygen atoms in total. The number of furan rings is 1. The standard InChI is InChI=1S/C19H17N5O7S3.BrH/c1-30-23-11(9-7-34-19(20)21-9)14(25)22-12-15(26)24-13(17(27)28)8(5-32-16(12)24)6-33-18(29)10-3-2-4-31-10;/h2-4,7,12,16H,5-6H2,1H3,(H2,20,21)(H,22,25)(H,27,28);1H/b23-11+;/t12-,16-;/m1./s1. The maximum Gasteiger partial charge on any atom is 0.352 e. The number of halogens is 1. The number of thioether (sulfide) groups is 2. The lowest BCUT2D eigenvalue weighted by atomic mass is 10.0. The van der Waals surface area contributed by atoms with Crippen molar-refractivity contribution in [3.8, 4) is 0 Å². The molecule has 4 heterocycles. The first-order valence-electron chi connectivity index (χ1n) is 9.55. The van der Waals surface area contributed by atoms with Gasteiger partial charge in [0.05, 0.1) is 6.26 Å². The summed E-state index contributed by atoms with van der Waals surface area (Å²) in [6.07, 6.45) is 1.37. The van der Waals surface area contributed by atoms with E-state index >= 15 is 0 Å². The van der Waals surface area contributed by atoms with Crippen molar-refractivity contribution in [3.05, 3.63) is 46.5 Å². The number of carboxylic acids is 1. The second-order valence-electron chi connectivity index (χ2n) is 6.87. The number of β-lactam (4-membered cyclic amide) rings is 1. The van der Waals surface area contributed by atoms with E-state index in [0.29, 0.717) is 5.57 Å². The molecule has 1 saturated heterocycles. The lowest BCUT2D eigenvalue weighted by molar-refractivity contribution is -0.150. The number of thiazole rings is 1. The zero-order valence-electron chi connectivity index (χ0n) is 17.8. The molecule has 0 saturated carbocycles. The predicted molar refractivity (Wildman–Crippen MR) is 136 cm³/mol. The van der Waals surface area contributed by atoms with Gasteiger partial charge in [-0.1, -0.05) is 16.9 Å². The highest BCUT2D eigenvalue weighted by Crippen LogP contribution is 2.41. The number of aromatic nitrogens is 1. The number of nitrogens with two attached hydrogens (primary N) is 1. The molecule has 0 bridgehead atoms.